The van der Waals surface area contributed by atoms with Gasteiger partial charge in [-0.15, -0.1) is 0 Å². The van der Waals surface area contributed by atoms with Crippen molar-refractivity contribution in [1.82, 2.24) is 10.2 Å². The summed E-state index contributed by atoms with van der Waals surface area (Å²) in [6.07, 6.45) is 4.23. The van der Waals surface area contributed by atoms with Crippen molar-refractivity contribution in [2.45, 2.75) is 58.9 Å². The zero-order valence-electron chi connectivity index (χ0n) is 13.6. The van der Waals surface area contributed by atoms with E-state index in [1.807, 2.05) is 6.92 Å². The number of nitrogens with one attached hydrogen (secondary N) is 1. The van der Waals surface area contributed by atoms with Crippen LogP contribution in [0, 0.1) is 11.8 Å². The summed E-state index contributed by atoms with van der Waals surface area (Å²) in [5.41, 5.74) is -0.773. The van der Waals surface area contributed by atoms with Crippen molar-refractivity contribution in [3.05, 3.63) is 0 Å². The second kappa shape index (κ2) is 7.99. The number of likely N-dealkylation sites (tertiary alicyclic amines) is 1. The van der Waals surface area contributed by atoms with Crippen LogP contribution in [0.15, 0.2) is 0 Å². The molecule has 0 radical (unpaired) electrons. The standard InChI is InChI=1S/C16H32N2O2/c1-5-17-16(4,15(19)20)9-6-10-18-11-7-14(8-12-18)13(2)3/h13-14,17H,5-12H2,1-4H3,(H,19,20). The van der Waals surface area contributed by atoms with Crippen molar-refractivity contribution in [3.8, 4) is 0 Å². The fourth-order valence-corrected chi connectivity index (χ4v) is 3.16. The lowest BCUT2D eigenvalue weighted by atomic mass is 9.86. The molecule has 1 saturated heterocycles. The molecule has 1 fully saturated rings. The Morgan fingerprint density at radius 1 is 1.40 bits per heavy atom. The van der Waals surface area contributed by atoms with Crippen molar-refractivity contribution >= 4 is 5.97 Å². The Morgan fingerprint density at radius 3 is 2.45 bits per heavy atom. The van der Waals surface area contributed by atoms with Crippen molar-refractivity contribution in [2.75, 3.05) is 26.2 Å². The molecule has 4 heteroatoms. The predicted octanol–water partition coefficient (Wildman–Crippen LogP) is 2.59. The Balaban J connectivity index is 2.29. The normalized spacial score (nSPS) is 21.1. The van der Waals surface area contributed by atoms with E-state index in [9.17, 15) is 9.90 Å². The molecule has 1 aliphatic rings. The molecule has 1 heterocycles. The molecule has 1 atom stereocenters. The summed E-state index contributed by atoms with van der Waals surface area (Å²) in [5, 5.41) is 12.4. The van der Waals surface area contributed by atoms with Gasteiger partial charge >= 0.3 is 5.97 Å². The maximum absolute atomic E-state index is 11.3. The Labute approximate surface area is 123 Å². The van der Waals surface area contributed by atoms with Crippen molar-refractivity contribution in [1.29, 1.82) is 0 Å². The topological polar surface area (TPSA) is 52.6 Å². The van der Waals surface area contributed by atoms with Crippen LogP contribution in [0.25, 0.3) is 0 Å². The van der Waals surface area contributed by atoms with Gasteiger partial charge in [0, 0.05) is 0 Å². The minimum atomic E-state index is -0.773. The lowest BCUT2D eigenvalue weighted by Gasteiger charge is -2.34. The average Bonchev–Trinajstić information content (AvgIpc) is 2.39. The van der Waals surface area contributed by atoms with Crippen LogP contribution >= 0.6 is 0 Å². The molecule has 20 heavy (non-hydrogen) atoms. The molecule has 1 aliphatic heterocycles. The van der Waals surface area contributed by atoms with Gasteiger partial charge < -0.3 is 15.3 Å². The smallest absolute Gasteiger partial charge is 0.323 e. The maximum atomic E-state index is 11.3. The zero-order chi connectivity index (χ0) is 15.2. The Kier molecular flexibility index (Phi) is 6.96. The number of hydrogen-bond donors (Lipinski definition) is 2. The van der Waals surface area contributed by atoms with E-state index in [0.29, 0.717) is 13.0 Å². The summed E-state index contributed by atoms with van der Waals surface area (Å²) in [6, 6.07) is 0. The number of hydrogen-bond acceptors (Lipinski definition) is 3. The highest BCUT2D eigenvalue weighted by atomic mass is 16.4. The third-order valence-electron chi connectivity index (χ3n) is 4.77. The second-order valence-corrected chi connectivity index (χ2v) is 6.69. The summed E-state index contributed by atoms with van der Waals surface area (Å²) < 4.78 is 0. The first-order valence-corrected chi connectivity index (χ1v) is 8.10. The summed E-state index contributed by atoms with van der Waals surface area (Å²) in [5.74, 6) is 0.927. The lowest BCUT2D eigenvalue weighted by Crippen LogP contribution is -2.49. The van der Waals surface area contributed by atoms with Gasteiger partial charge in [-0.3, -0.25) is 4.79 Å². The van der Waals surface area contributed by atoms with E-state index in [1.165, 1.54) is 25.9 Å². The molecule has 0 aromatic heterocycles. The van der Waals surface area contributed by atoms with Crippen LogP contribution in [0.5, 0.6) is 0 Å². The highest BCUT2D eigenvalue weighted by molar-refractivity contribution is 5.78. The quantitative estimate of drug-likeness (QED) is 0.719. The molecule has 0 saturated carbocycles. The Morgan fingerprint density at radius 2 is 2.00 bits per heavy atom. The van der Waals surface area contributed by atoms with E-state index in [-0.39, 0.29) is 0 Å². The van der Waals surface area contributed by atoms with Gasteiger partial charge in [0.2, 0.25) is 0 Å². The molecule has 0 spiro atoms. The number of likely N-dealkylation sites (N-methyl/N-ethyl adjacent to an activating group) is 1. The molecule has 0 amide bonds. The van der Waals surface area contributed by atoms with Crippen LogP contribution in [0.2, 0.25) is 0 Å². The summed E-state index contributed by atoms with van der Waals surface area (Å²) >= 11 is 0. The third-order valence-corrected chi connectivity index (χ3v) is 4.77. The molecule has 1 rings (SSSR count). The number of aliphatic carboxylic acids is 1. The molecule has 1 unspecified atom stereocenters. The highest BCUT2D eigenvalue weighted by Gasteiger charge is 2.31. The number of rotatable bonds is 8. The van der Waals surface area contributed by atoms with Crippen LogP contribution < -0.4 is 5.32 Å². The molecule has 4 nitrogen and oxygen atoms in total. The molecule has 0 aromatic rings. The number of carboxylic acid groups (broad SMARTS) is 1. The molecular weight excluding hydrogens is 252 g/mol. The van der Waals surface area contributed by atoms with Gasteiger partial charge in [0.15, 0.2) is 0 Å². The molecule has 0 aliphatic carbocycles. The van der Waals surface area contributed by atoms with Gasteiger partial charge in [0.05, 0.1) is 0 Å². The summed E-state index contributed by atoms with van der Waals surface area (Å²) in [6.45, 7) is 12.5. The maximum Gasteiger partial charge on any atom is 0.323 e. The first-order chi connectivity index (χ1) is 9.39. The largest absolute Gasteiger partial charge is 0.480 e. The van der Waals surface area contributed by atoms with Gasteiger partial charge in [0.25, 0.3) is 0 Å². The van der Waals surface area contributed by atoms with Crippen LogP contribution in [-0.4, -0.2) is 47.7 Å². The second-order valence-electron chi connectivity index (χ2n) is 6.69. The van der Waals surface area contributed by atoms with Crippen molar-refractivity contribution in [2.24, 2.45) is 11.8 Å². The number of carbonyl (C=O) groups is 1. The SMILES string of the molecule is CCNC(C)(CCCN1CCC(C(C)C)CC1)C(=O)O. The minimum Gasteiger partial charge on any atom is -0.480 e. The van der Waals surface area contributed by atoms with E-state index < -0.39 is 11.5 Å². The summed E-state index contributed by atoms with van der Waals surface area (Å²) in [7, 11) is 0. The van der Waals surface area contributed by atoms with Gasteiger partial charge in [-0.2, -0.15) is 0 Å². The van der Waals surface area contributed by atoms with Gasteiger partial charge in [0.1, 0.15) is 5.54 Å². The zero-order valence-corrected chi connectivity index (χ0v) is 13.6. The highest BCUT2D eigenvalue weighted by Crippen LogP contribution is 2.24. The van der Waals surface area contributed by atoms with E-state index >= 15 is 0 Å². The Hall–Kier alpha value is -0.610. The fraction of sp³-hybridized carbons (Fsp3) is 0.938. The number of piperidine rings is 1. The first kappa shape index (κ1) is 17.4. The molecule has 118 valence electrons. The van der Waals surface area contributed by atoms with Crippen LogP contribution in [0.4, 0.5) is 0 Å². The van der Waals surface area contributed by atoms with E-state index in [1.54, 1.807) is 6.92 Å². The minimum absolute atomic E-state index is 0.695. The monoisotopic (exact) mass is 284 g/mol. The molecule has 2 N–H and O–H groups in total. The van der Waals surface area contributed by atoms with E-state index in [2.05, 4.69) is 24.1 Å². The fourth-order valence-electron chi connectivity index (χ4n) is 3.16. The molecule has 0 bridgehead atoms. The Bertz CT molecular complexity index is 299. The van der Waals surface area contributed by atoms with Crippen LogP contribution in [-0.2, 0) is 4.79 Å². The van der Waals surface area contributed by atoms with Gasteiger partial charge in [-0.25, -0.2) is 0 Å². The van der Waals surface area contributed by atoms with Crippen LogP contribution in [0.1, 0.15) is 53.4 Å². The van der Waals surface area contributed by atoms with Crippen molar-refractivity contribution in [3.63, 3.8) is 0 Å². The van der Waals surface area contributed by atoms with Gasteiger partial charge in [-0.1, -0.05) is 20.8 Å². The molecular formula is C16H32N2O2. The third kappa shape index (κ3) is 5.06. The van der Waals surface area contributed by atoms with Crippen LogP contribution in [0.3, 0.4) is 0 Å². The van der Waals surface area contributed by atoms with Crippen molar-refractivity contribution < 1.29 is 9.90 Å². The lowest BCUT2D eigenvalue weighted by molar-refractivity contribution is -0.144. The predicted molar refractivity (Wildman–Crippen MR) is 83.0 cm³/mol. The van der Waals surface area contributed by atoms with Gasteiger partial charge in [-0.05, 0) is 70.6 Å². The summed E-state index contributed by atoms with van der Waals surface area (Å²) in [4.78, 5) is 13.8. The average molecular weight is 284 g/mol. The first-order valence-electron chi connectivity index (χ1n) is 8.10. The van der Waals surface area contributed by atoms with E-state index in [4.69, 9.17) is 0 Å². The number of carboxylic acids is 1. The number of nitrogens with zero attached hydrogens (tertiary/aromatic N) is 1. The van der Waals surface area contributed by atoms with E-state index in [0.717, 1.165) is 24.8 Å². The molecule has 0 aromatic carbocycles.